The van der Waals surface area contributed by atoms with E-state index in [9.17, 15) is 5.11 Å². The second-order valence-corrected chi connectivity index (χ2v) is 5.51. The molecule has 1 atom stereocenters. The van der Waals surface area contributed by atoms with E-state index in [1.165, 1.54) is 12.0 Å². The molecular formula is C16H27NO2. The number of hydrogen-bond acceptors (Lipinski definition) is 3. The van der Waals surface area contributed by atoms with Crippen molar-refractivity contribution in [3.05, 3.63) is 29.8 Å². The molecule has 0 saturated heterocycles. The van der Waals surface area contributed by atoms with Gasteiger partial charge in [-0.1, -0.05) is 31.5 Å². The number of aryl methyl sites for hydroxylation is 1. The van der Waals surface area contributed by atoms with Crippen molar-refractivity contribution < 1.29 is 9.84 Å². The molecule has 1 aromatic carbocycles. The van der Waals surface area contributed by atoms with Crippen molar-refractivity contribution in [1.82, 2.24) is 0 Å². The molecule has 0 bridgehead atoms. The van der Waals surface area contributed by atoms with Gasteiger partial charge in [0.1, 0.15) is 0 Å². The van der Waals surface area contributed by atoms with Gasteiger partial charge in [-0.3, -0.25) is 0 Å². The molecule has 0 fully saturated rings. The molecule has 1 aromatic rings. The van der Waals surface area contributed by atoms with Crippen molar-refractivity contribution >= 4 is 5.69 Å². The minimum absolute atomic E-state index is 0.400. The summed E-state index contributed by atoms with van der Waals surface area (Å²) in [5.41, 5.74) is 2.27. The number of benzene rings is 1. The Kier molecular flexibility index (Phi) is 7.53. The average Bonchev–Trinajstić information content (AvgIpc) is 2.37. The number of rotatable bonds is 9. The Morgan fingerprint density at radius 3 is 2.53 bits per heavy atom. The van der Waals surface area contributed by atoms with Crippen LogP contribution in [0.3, 0.4) is 0 Å². The molecule has 3 heteroatoms. The van der Waals surface area contributed by atoms with Gasteiger partial charge in [0.2, 0.25) is 0 Å². The van der Waals surface area contributed by atoms with Crippen LogP contribution < -0.4 is 5.32 Å². The van der Waals surface area contributed by atoms with Crippen LogP contribution in [0.25, 0.3) is 0 Å². The van der Waals surface area contributed by atoms with Crippen molar-refractivity contribution in [2.45, 2.75) is 39.7 Å². The zero-order chi connectivity index (χ0) is 14.1. The van der Waals surface area contributed by atoms with Gasteiger partial charge >= 0.3 is 0 Å². The minimum atomic E-state index is -0.458. The fraction of sp³-hybridized carbons (Fsp3) is 0.625. The van der Waals surface area contributed by atoms with Crippen molar-refractivity contribution in [3.63, 3.8) is 0 Å². The summed E-state index contributed by atoms with van der Waals surface area (Å²) in [5.74, 6) is 0.719. The third kappa shape index (κ3) is 7.85. The molecule has 0 spiro atoms. The highest BCUT2D eigenvalue weighted by Gasteiger charge is 2.04. The van der Waals surface area contributed by atoms with Crippen molar-refractivity contribution in [2.75, 3.05) is 25.1 Å². The van der Waals surface area contributed by atoms with Crippen molar-refractivity contribution in [3.8, 4) is 0 Å². The maximum Gasteiger partial charge on any atom is 0.0945 e. The first-order valence-electron chi connectivity index (χ1n) is 7.14. The fourth-order valence-electron chi connectivity index (χ4n) is 1.78. The molecule has 0 radical (unpaired) electrons. The van der Waals surface area contributed by atoms with Crippen LogP contribution in [0.15, 0.2) is 24.3 Å². The van der Waals surface area contributed by atoms with Crippen LogP contribution in [-0.4, -0.2) is 31.0 Å². The smallest absolute Gasteiger partial charge is 0.0945 e. The molecule has 1 unspecified atom stereocenters. The van der Waals surface area contributed by atoms with Crippen molar-refractivity contribution in [1.29, 1.82) is 0 Å². The highest BCUT2D eigenvalue weighted by atomic mass is 16.5. The Hall–Kier alpha value is -1.06. The SMILES string of the molecule is Cc1ccc(NCC(O)COCCCC(C)C)cc1. The van der Waals surface area contributed by atoms with Crippen LogP contribution in [0.2, 0.25) is 0 Å². The molecule has 19 heavy (non-hydrogen) atoms. The lowest BCUT2D eigenvalue weighted by Gasteiger charge is -2.13. The molecule has 0 aliphatic carbocycles. The van der Waals surface area contributed by atoms with Gasteiger partial charge in [0.15, 0.2) is 0 Å². The summed E-state index contributed by atoms with van der Waals surface area (Å²) in [6, 6.07) is 8.14. The molecule has 0 aliphatic heterocycles. The first-order valence-corrected chi connectivity index (χ1v) is 7.14. The largest absolute Gasteiger partial charge is 0.389 e. The Bertz CT molecular complexity index is 335. The molecule has 0 saturated carbocycles. The summed E-state index contributed by atoms with van der Waals surface area (Å²) in [6.45, 7) is 8.13. The van der Waals surface area contributed by atoms with Gasteiger partial charge in [0, 0.05) is 18.8 Å². The van der Waals surface area contributed by atoms with Crippen LogP contribution in [-0.2, 0) is 4.74 Å². The standard InChI is InChI=1S/C16H27NO2/c1-13(2)5-4-10-19-12-16(18)11-17-15-8-6-14(3)7-9-15/h6-9,13,16-18H,4-5,10-12H2,1-3H3. The zero-order valence-corrected chi connectivity index (χ0v) is 12.4. The topological polar surface area (TPSA) is 41.5 Å². The Morgan fingerprint density at radius 1 is 1.21 bits per heavy atom. The quantitative estimate of drug-likeness (QED) is 0.674. The molecule has 108 valence electrons. The lowest BCUT2D eigenvalue weighted by atomic mass is 10.1. The van der Waals surface area contributed by atoms with Crippen LogP contribution >= 0.6 is 0 Å². The Labute approximate surface area is 117 Å². The Morgan fingerprint density at radius 2 is 1.89 bits per heavy atom. The van der Waals surface area contributed by atoms with Gasteiger partial charge in [-0.2, -0.15) is 0 Å². The van der Waals surface area contributed by atoms with E-state index in [0.717, 1.165) is 24.6 Å². The Balaban J connectivity index is 2.07. The van der Waals surface area contributed by atoms with Gasteiger partial charge in [-0.25, -0.2) is 0 Å². The predicted octanol–water partition coefficient (Wildman–Crippen LogP) is 3.22. The lowest BCUT2D eigenvalue weighted by molar-refractivity contribution is 0.0409. The van der Waals surface area contributed by atoms with Gasteiger partial charge < -0.3 is 15.2 Å². The first kappa shape index (κ1) is 16.0. The van der Waals surface area contributed by atoms with E-state index in [-0.39, 0.29) is 0 Å². The second-order valence-electron chi connectivity index (χ2n) is 5.51. The summed E-state index contributed by atoms with van der Waals surface area (Å²) in [7, 11) is 0. The van der Waals surface area contributed by atoms with Gasteiger partial charge in [-0.05, 0) is 37.8 Å². The van der Waals surface area contributed by atoms with E-state index < -0.39 is 6.10 Å². The molecule has 1 rings (SSSR count). The molecule has 0 aromatic heterocycles. The number of aliphatic hydroxyl groups is 1. The first-order chi connectivity index (χ1) is 9.08. The minimum Gasteiger partial charge on any atom is -0.389 e. The number of anilines is 1. The van der Waals surface area contributed by atoms with Gasteiger partial charge in [0.25, 0.3) is 0 Å². The molecule has 2 N–H and O–H groups in total. The third-order valence-electron chi connectivity index (χ3n) is 2.97. The summed E-state index contributed by atoms with van der Waals surface area (Å²) >= 11 is 0. The maximum atomic E-state index is 9.79. The van der Waals surface area contributed by atoms with Crippen LogP contribution in [0, 0.1) is 12.8 Å². The number of aliphatic hydroxyl groups excluding tert-OH is 1. The number of ether oxygens (including phenoxy) is 1. The number of hydrogen-bond donors (Lipinski definition) is 2. The highest BCUT2D eigenvalue weighted by Crippen LogP contribution is 2.08. The second kappa shape index (κ2) is 8.94. The third-order valence-corrected chi connectivity index (χ3v) is 2.97. The average molecular weight is 265 g/mol. The maximum absolute atomic E-state index is 9.79. The van der Waals surface area contributed by atoms with Crippen LogP contribution in [0.5, 0.6) is 0 Å². The van der Waals surface area contributed by atoms with E-state index in [1.54, 1.807) is 0 Å². The molecule has 0 heterocycles. The molecular weight excluding hydrogens is 238 g/mol. The summed E-state index contributed by atoms with van der Waals surface area (Å²) in [6.07, 6.45) is 1.79. The predicted molar refractivity (Wildman–Crippen MR) is 80.6 cm³/mol. The van der Waals surface area contributed by atoms with E-state index in [1.807, 2.05) is 12.1 Å². The monoisotopic (exact) mass is 265 g/mol. The molecule has 0 amide bonds. The van der Waals surface area contributed by atoms with E-state index >= 15 is 0 Å². The van der Waals surface area contributed by atoms with E-state index in [2.05, 4.69) is 38.2 Å². The zero-order valence-electron chi connectivity index (χ0n) is 12.4. The highest BCUT2D eigenvalue weighted by molar-refractivity contribution is 5.44. The van der Waals surface area contributed by atoms with Crippen LogP contribution in [0.4, 0.5) is 5.69 Å². The summed E-state index contributed by atoms with van der Waals surface area (Å²) < 4.78 is 5.46. The van der Waals surface area contributed by atoms with Crippen LogP contribution in [0.1, 0.15) is 32.3 Å². The van der Waals surface area contributed by atoms with E-state index in [4.69, 9.17) is 4.74 Å². The van der Waals surface area contributed by atoms with Gasteiger partial charge in [0.05, 0.1) is 12.7 Å². The summed E-state index contributed by atoms with van der Waals surface area (Å²) in [5, 5.41) is 13.0. The fourth-order valence-corrected chi connectivity index (χ4v) is 1.78. The van der Waals surface area contributed by atoms with Crippen molar-refractivity contribution in [2.24, 2.45) is 5.92 Å². The number of nitrogens with one attached hydrogen (secondary N) is 1. The van der Waals surface area contributed by atoms with Gasteiger partial charge in [-0.15, -0.1) is 0 Å². The summed E-state index contributed by atoms with van der Waals surface area (Å²) in [4.78, 5) is 0. The molecule has 0 aliphatic rings. The molecule has 3 nitrogen and oxygen atoms in total. The normalized spacial score (nSPS) is 12.7. The lowest BCUT2D eigenvalue weighted by Crippen LogP contribution is -2.25. The van der Waals surface area contributed by atoms with E-state index in [0.29, 0.717) is 13.2 Å².